The summed E-state index contributed by atoms with van der Waals surface area (Å²) in [7, 11) is 0. The third-order valence-electron chi connectivity index (χ3n) is 2.09. The van der Waals surface area contributed by atoms with Crippen molar-refractivity contribution in [2.45, 2.75) is 12.7 Å². The molecule has 0 fully saturated rings. The van der Waals surface area contributed by atoms with Crippen molar-refractivity contribution >= 4 is 11.6 Å². The van der Waals surface area contributed by atoms with Crippen LogP contribution in [0, 0.1) is 11.3 Å². The van der Waals surface area contributed by atoms with Crippen LogP contribution in [0.15, 0.2) is 43.0 Å². The van der Waals surface area contributed by atoms with Crippen molar-refractivity contribution in [3.05, 3.63) is 48.6 Å². The number of halogens is 1. The number of hydrogen-bond donors (Lipinski definition) is 0. The first-order valence-corrected chi connectivity index (χ1v) is 5.69. The molecule has 1 unspecified atom stereocenters. The second-order valence-electron chi connectivity index (χ2n) is 3.36. The molecule has 0 aliphatic carbocycles. The van der Waals surface area contributed by atoms with Gasteiger partial charge in [0.25, 0.3) is 0 Å². The monoisotopic (exact) mass is 250 g/mol. The van der Waals surface area contributed by atoms with Gasteiger partial charge in [-0.15, -0.1) is 6.58 Å². The normalized spacial score (nSPS) is 11.4. The van der Waals surface area contributed by atoms with E-state index in [4.69, 9.17) is 21.1 Å². The molecule has 1 aromatic carbocycles. The highest BCUT2D eigenvalue weighted by Crippen LogP contribution is 2.02. The summed E-state index contributed by atoms with van der Waals surface area (Å²) >= 11 is 5.21. The lowest BCUT2D eigenvalue weighted by molar-refractivity contribution is 0.0147. The topological polar surface area (TPSA) is 18.5 Å². The average molecular weight is 251 g/mol. The van der Waals surface area contributed by atoms with Crippen LogP contribution in [0.1, 0.15) is 5.56 Å². The van der Waals surface area contributed by atoms with Gasteiger partial charge in [-0.1, -0.05) is 42.3 Å². The summed E-state index contributed by atoms with van der Waals surface area (Å²) in [5.41, 5.74) is 1.14. The van der Waals surface area contributed by atoms with Crippen LogP contribution in [0.4, 0.5) is 0 Å². The molecule has 17 heavy (non-hydrogen) atoms. The third kappa shape index (κ3) is 6.13. The summed E-state index contributed by atoms with van der Waals surface area (Å²) < 4.78 is 10.9. The predicted octanol–water partition coefficient (Wildman–Crippen LogP) is 2.97. The van der Waals surface area contributed by atoms with Crippen LogP contribution in [-0.2, 0) is 16.1 Å². The minimum Gasteiger partial charge on any atom is -0.374 e. The fourth-order valence-corrected chi connectivity index (χ4v) is 1.28. The van der Waals surface area contributed by atoms with Crippen LogP contribution in [0.3, 0.4) is 0 Å². The molecule has 0 aromatic heterocycles. The Morgan fingerprint density at radius 1 is 1.35 bits per heavy atom. The lowest BCUT2D eigenvalue weighted by Gasteiger charge is -2.12. The average Bonchev–Trinajstić information content (AvgIpc) is 2.38. The quantitative estimate of drug-likeness (QED) is 0.547. The van der Waals surface area contributed by atoms with Crippen molar-refractivity contribution < 1.29 is 9.47 Å². The minimum atomic E-state index is -0.156. The Labute approximate surface area is 107 Å². The van der Waals surface area contributed by atoms with E-state index >= 15 is 0 Å². The van der Waals surface area contributed by atoms with Crippen LogP contribution >= 0.6 is 11.6 Å². The van der Waals surface area contributed by atoms with E-state index < -0.39 is 0 Å². The first-order chi connectivity index (χ1) is 8.36. The lowest BCUT2D eigenvalue weighted by atomic mass is 10.2. The van der Waals surface area contributed by atoms with Crippen LogP contribution in [0.5, 0.6) is 0 Å². The Morgan fingerprint density at radius 3 is 2.76 bits per heavy atom. The zero-order valence-corrected chi connectivity index (χ0v) is 10.3. The minimum absolute atomic E-state index is 0.156. The van der Waals surface area contributed by atoms with Gasteiger partial charge in [0.15, 0.2) is 0 Å². The van der Waals surface area contributed by atoms with Gasteiger partial charge in [0.1, 0.15) is 6.61 Å². The molecule has 0 heterocycles. The van der Waals surface area contributed by atoms with Gasteiger partial charge in [-0.05, 0) is 17.2 Å². The highest BCUT2D eigenvalue weighted by atomic mass is 35.5. The molecule has 0 saturated heterocycles. The van der Waals surface area contributed by atoms with Gasteiger partial charge >= 0.3 is 0 Å². The van der Waals surface area contributed by atoms with Crippen LogP contribution < -0.4 is 0 Å². The van der Waals surface area contributed by atoms with Crippen molar-refractivity contribution in [2.75, 3.05) is 13.2 Å². The summed E-state index contributed by atoms with van der Waals surface area (Å²) in [5, 5.41) is 2.25. The summed E-state index contributed by atoms with van der Waals surface area (Å²) in [6, 6.07) is 9.97. The zero-order chi connectivity index (χ0) is 12.3. The van der Waals surface area contributed by atoms with Gasteiger partial charge in [-0.2, -0.15) is 0 Å². The maximum atomic E-state index is 5.53. The molecule has 0 bridgehead atoms. The van der Waals surface area contributed by atoms with Gasteiger partial charge in [-0.3, -0.25) is 0 Å². The van der Waals surface area contributed by atoms with E-state index in [0.717, 1.165) is 5.56 Å². The van der Waals surface area contributed by atoms with Crippen molar-refractivity contribution in [1.82, 2.24) is 0 Å². The second kappa shape index (κ2) is 8.83. The fourth-order valence-electron chi connectivity index (χ4n) is 1.23. The summed E-state index contributed by atoms with van der Waals surface area (Å²) in [6.45, 7) is 4.99. The number of rotatable bonds is 7. The fraction of sp³-hybridized carbons (Fsp3) is 0.286. The van der Waals surface area contributed by atoms with Crippen LogP contribution in [0.2, 0.25) is 0 Å². The molecule has 1 aromatic rings. The Bertz CT molecular complexity index is 378. The Hall–Kier alpha value is -1.27. The highest BCUT2D eigenvalue weighted by Gasteiger charge is 2.03. The molecule has 0 radical (unpaired) electrons. The Morgan fingerprint density at radius 2 is 2.12 bits per heavy atom. The second-order valence-corrected chi connectivity index (χ2v) is 3.55. The first-order valence-electron chi connectivity index (χ1n) is 5.31. The van der Waals surface area contributed by atoms with Crippen molar-refractivity contribution in [3.63, 3.8) is 0 Å². The molecule has 0 saturated carbocycles. The molecule has 1 atom stereocenters. The summed E-state index contributed by atoms with van der Waals surface area (Å²) in [4.78, 5) is 0. The predicted molar refractivity (Wildman–Crippen MR) is 69.7 cm³/mol. The highest BCUT2D eigenvalue weighted by molar-refractivity contribution is 6.30. The molecular formula is C14H15ClO2. The van der Waals surface area contributed by atoms with Crippen LogP contribution in [0.25, 0.3) is 0 Å². The molecule has 0 amide bonds. The van der Waals surface area contributed by atoms with Gasteiger partial charge in [0, 0.05) is 5.38 Å². The molecule has 0 aliphatic rings. The van der Waals surface area contributed by atoms with E-state index in [1.807, 2.05) is 30.3 Å². The van der Waals surface area contributed by atoms with Crippen molar-refractivity contribution in [3.8, 4) is 11.3 Å². The molecule has 0 spiro atoms. The smallest absolute Gasteiger partial charge is 0.109 e. The zero-order valence-electron chi connectivity index (χ0n) is 9.56. The van der Waals surface area contributed by atoms with E-state index in [0.29, 0.717) is 13.2 Å². The van der Waals surface area contributed by atoms with Gasteiger partial charge in [0.2, 0.25) is 0 Å². The largest absolute Gasteiger partial charge is 0.374 e. The molecule has 90 valence electrons. The van der Waals surface area contributed by atoms with E-state index in [9.17, 15) is 0 Å². The number of ether oxygens (including phenoxy) is 2. The van der Waals surface area contributed by atoms with Crippen molar-refractivity contribution in [2.24, 2.45) is 0 Å². The van der Waals surface area contributed by atoms with Gasteiger partial charge < -0.3 is 9.47 Å². The van der Waals surface area contributed by atoms with Crippen LogP contribution in [-0.4, -0.2) is 19.3 Å². The molecule has 0 N–H and O–H groups in total. The van der Waals surface area contributed by atoms with E-state index in [1.165, 1.54) is 0 Å². The SMILES string of the molecule is C=CC(COCc1ccccc1)OCC#CCl. The van der Waals surface area contributed by atoms with E-state index in [2.05, 4.69) is 17.9 Å². The molecule has 3 heteroatoms. The maximum Gasteiger partial charge on any atom is 0.109 e. The van der Waals surface area contributed by atoms with E-state index in [1.54, 1.807) is 6.08 Å². The van der Waals surface area contributed by atoms with Crippen molar-refractivity contribution in [1.29, 1.82) is 0 Å². The molecule has 1 rings (SSSR count). The first kappa shape index (κ1) is 13.8. The summed E-state index contributed by atoms with van der Waals surface area (Å²) in [5.74, 6) is 2.61. The lowest BCUT2D eigenvalue weighted by Crippen LogP contribution is -2.17. The van der Waals surface area contributed by atoms with E-state index in [-0.39, 0.29) is 12.7 Å². The molecule has 2 nitrogen and oxygen atoms in total. The van der Waals surface area contributed by atoms with Gasteiger partial charge in [-0.25, -0.2) is 0 Å². The maximum absolute atomic E-state index is 5.53. The standard InChI is InChI=1S/C14H15ClO2/c1-2-14(17-10-6-9-15)12-16-11-13-7-4-3-5-8-13/h2-5,7-8,14H,1,10-12H2. The Kier molecular flexibility index (Phi) is 7.17. The number of benzene rings is 1. The Balaban J connectivity index is 2.23. The number of hydrogen-bond acceptors (Lipinski definition) is 2. The third-order valence-corrected chi connectivity index (χ3v) is 2.23. The van der Waals surface area contributed by atoms with Gasteiger partial charge in [0.05, 0.1) is 19.3 Å². The molecule has 0 aliphatic heterocycles. The molecular weight excluding hydrogens is 236 g/mol. The summed E-state index contributed by atoms with van der Waals surface area (Å²) in [6.07, 6.45) is 1.54.